The summed E-state index contributed by atoms with van der Waals surface area (Å²) in [6.07, 6.45) is 0. The summed E-state index contributed by atoms with van der Waals surface area (Å²) in [5.74, 6) is -1.20. The van der Waals surface area contributed by atoms with Crippen LogP contribution < -0.4 is 10.1 Å². The largest absolute Gasteiger partial charge is 0.487 e. The summed E-state index contributed by atoms with van der Waals surface area (Å²) >= 11 is 6.27. The van der Waals surface area contributed by atoms with Gasteiger partial charge in [0.25, 0.3) is 5.91 Å². The van der Waals surface area contributed by atoms with Crippen molar-refractivity contribution < 1.29 is 19.4 Å². The Hall–Kier alpha value is -3.31. The molecule has 3 aromatic carbocycles. The molecule has 0 unspecified atom stereocenters. The van der Waals surface area contributed by atoms with Crippen molar-refractivity contribution in [2.45, 2.75) is 13.5 Å². The molecule has 3 rings (SSSR count). The molecule has 0 aliphatic rings. The molecule has 0 heterocycles. The van der Waals surface area contributed by atoms with Gasteiger partial charge in [-0.25, -0.2) is 4.79 Å². The predicted octanol–water partition coefficient (Wildman–Crippen LogP) is 5.18. The average molecular weight is 396 g/mol. The normalized spacial score (nSPS) is 10.4. The average Bonchev–Trinajstić information content (AvgIpc) is 2.67. The Kier molecular flexibility index (Phi) is 5.96. The lowest BCUT2D eigenvalue weighted by Crippen LogP contribution is -2.16. The molecule has 28 heavy (non-hydrogen) atoms. The van der Waals surface area contributed by atoms with E-state index in [1.165, 1.54) is 12.1 Å². The van der Waals surface area contributed by atoms with E-state index in [1.807, 2.05) is 31.2 Å². The number of amides is 1. The first-order valence-electron chi connectivity index (χ1n) is 8.55. The Morgan fingerprint density at radius 2 is 1.75 bits per heavy atom. The van der Waals surface area contributed by atoms with Crippen LogP contribution in [-0.2, 0) is 6.61 Å². The van der Waals surface area contributed by atoms with Crippen molar-refractivity contribution in [3.63, 3.8) is 0 Å². The summed E-state index contributed by atoms with van der Waals surface area (Å²) in [7, 11) is 0. The third-order valence-corrected chi connectivity index (χ3v) is 4.36. The molecule has 3 aromatic rings. The molecular formula is C22H18ClNO4. The van der Waals surface area contributed by atoms with Crippen molar-refractivity contribution in [3.05, 3.63) is 94.0 Å². The molecule has 1 amide bonds. The van der Waals surface area contributed by atoms with Crippen LogP contribution in [0.4, 0.5) is 5.69 Å². The number of carboxylic acids is 1. The van der Waals surface area contributed by atoms with Gasteiger partial charge in [0.2, 0.25) is 0 Å². The van der Waals surface area contributed by atoms with Crippen LogP contribution in [0, 0.1) is 6.92 Å². The fraction of sp³-hybridized carbons (Fsp3) is 0.0909. The van der Waals surface area contributed by atoms with E-state index in [4.69, 9.17) is 16.3 Å². The SMILES string of the molecule is Cc1cccc(COc2ccc(NC(=O)c3ccccc3C(=O)O)cc2Cl)c1. The number of carboxylic acid groups (broad SMARTS) is 1. The minimum absolute atomic E-state index is 0.0656. The fourth-order valence-corrected chi connectivity index (χ4v) is 2.96. The minimum Gasteiger partial charge on any atom is -0.487 e. The number of nitrogens with one attached hydrogen (secondary N) is 1. The van der Waals surface area contributed by atoms with Gasteiger partial charge in [0.15, 0.2) is 0 Å². The zero-order valence-electron chi connectivity index (χ0n) is 15.1. The van der Waals surface area contributed by atoms with Crippen molar-refractivity contribution >= 4 is 29.2 Å². The van der Waals surface area contributed by atoms with Gasteiger partial charge < -0.3 is 15.2 Å². The first kappa shape index (κ1) is 19.5. The van der Waals surface area contributed by atoms with E-state index < -0.39 is 11.9 Å². The second-order valence-corrected chi connectivity index (χ2v) is 6.63. The monoisotopic (exact) mass is 395 g/mol. The molecule has 0 bridgehead atoms. The minimum atomic E-state index is -1.16. The van der Waals surface area contributed by atoms with Gasteiger partial charge >= 0.3 is 5.97 Å². The number of hydrogen-bond acceptors (Lipinski definition) is 3. The summed E-state index contributed by atoms with van der Waals surface area (Å²) in [5, 5.41) is 12.2. The molecule has 0 atom stereocenters. The fourth-order valence-electron chi connectivity index (χ4n) is 2.72. The molecular weight excluding hydrogens is 378 g/mol. The summed E-state index contributed by atoms with van der Waals surface area (Å²) < 4.78 is 5.75. The molecule has 142 valence electrons. The first-order valence-corrected chi connectivity index (χ1v) is 8.93. The topological polar surface area (TPSA) is 75.6 Å². The third-order valence-electron chi connectivity index (χ3n) is 4.07. The van der Waals surface area contributed by atoms with Gasteiger partial charge in [0.05, 0.1) is 16.1 Å². The van der Waals surface area contributed by atoms with Gasteiger partial charge in [-0.05, 0) is 42.8 Å². The Morgan fingerprint density at radius 3 is 2.43 bits per heavy atom. The Labute approximate surface area is 167 Å². The highest BCUT2D eigenvalue weighted by molar-refractivity contribution is 6.32. The molecule has 2 N–H and O–H groups in total. The molecule has 0 radical (unpaired) electrons. The number of rotatable bonds is 6. The van der Waals surface area contributed by atoms with Crippen LogP contribution in [0.25, 0.3) is 0 Å². The van der Waals surface area contributed by atoms with Crippen molar-refractivity contribution in [2.24, 2.45) is 0 Å². The molecule has 0 saturated carbocycles. The number of ether oxygens (including phenoxy) is 1. The van der Waals surface area contributed by atoms with Crippen molar-refractivity contribution in [3.8, 4) is 5.75 Å². The van der Waals surface area contributed by atoms with Crippen molar-refractivity contribution in [2.75, 3.05) is 5.32 Å². The summed E-state index contributed by atoms with van der Waals surface area (Å²) in [4.78, 5) is 23.7. The van der Waals surface area contributed by atoms with Crippen molar-refractivity contribution in [1.82, 2.24) is 0 Å². The highest BCUT2D eigenvalue weighted by atomic mass is 35.5. The summed E-state index contributed by atoms with van der Waals surface area (Å²) in [6.45, 7) is 2.38. The highest BCUT2D eigenvalue weighted by Gasteiger charge is 2.16. The number of hydrogen-bond donors (Lipinski definition) is 2. The molecule has 0 aliphatic heterocycles. The van der Waals surface area contributed by atoms with Crippen LogP contribution in [0.15, 0.2) is 66.7 Å². The molecule has 0 spiro atoms. The number of benzene rings is 3. The predicted molar refractivity (Wildman–Crippen MR) is 108 cm³/mol. The highest BCUT2D eigenvalue weighted by Crippen LogP contribution is 2.29. The molecule has 0 saturated heterocycles. The molecule has 0 aromatic heterocycles. The molecule has 5 nitrogen and oxygen atoms in total. The van der Waals surface area contributed by atoms with E-state index in [0.29, 0.717) is 23.1 Å². The zero-order chi connectivity index (χ0) is 20.1. The van der Waals surface area contributed by atoms with E-state index in [2.05, 4.69) is 5.32 Å². The van der Waals surface area contributed by atoms with Crippen LogP contribution in [0.3, 0.4) is 0 Å². The van der Waals surface area contributed by atoms with Gasteiger partial charge in [0.1, 0.15) is 12.4 Å². The summed E-state index contributed by atoms with van der Waals surface area (Å²) in [6, 6.07) is 18.9. The van der Waals surface area contributed by atoms with Crippen LogP contribution in [0.2, 0.25) is 5.02 Å². The van der Waals surface area contributed by atoms with E-state index in [1.54, 1.807) is 30.3 Å². The lowest BCUT2D eigenvalue weighted by molar-refractivity contribution is 0.0692. The van der Waals surface area contributed by atoms with E-state index >= 15 is 0 Å². The van der Waals surface area contributed by atoms with Crippen molar-refractivity contribution in [1.29, 1.82) is 0 Å². The maximum absolute atomic E-state index is 12.4. The van der Waals surface area contributed by atoms with Crippen LogP contribution in [-0.4, -0.2) is 17.0 Å². The number of aryl methyl sites for hydroxylation is 1. The van der Waals surface area contributed by atoms with Crippen LogP contribution in [0.1, 0.15) is 31.8 Å². The van der Waals surface area contributed by atoms with Gasteiger partial charge in [-0.2, -0.15) is 0 Å². The van der Waals surface area contributed by atoms with E-state index in [-0.39, 0.29) is 11.1 Å². The second-order valence-electron chi connectivity index (χ2n) is 6.23. The number of halogens is 1. The maximum Gasteiger partial charge on any atom is 0.336 e. The van der Waals surface area contributed by atoms with Gasteiger partial charge in [-0.15, -0.1) is 0 Å². The summed E-state index contributed by atoms with van der Waals surface area (Å²) in [5.41, 5.74) is 2.62. The zero-order valence-corrected chi connectivity index (χ0v) is 15.9. The Morgan fingerprint density at radius 1 is 1.00 bits per heavy atom. The number of carbonyl (C=O) groups excluding carboxylic acids is 1. The van der Waals surface area contributed by atoms with Gasteiger partial charge in [0, 0.05) is 5.69 Å². The number of aromatic carboxylic acids is 1. The van der Waals surface area contributed by atoms with E-state index in [0.717, 1.165) is 11.1 Å². The molecule has 0 aliphatic carbocycles. The Bertz CT molecular complexity index is 1030. The van der Waals surface area contributed by atoms with Gasteiger partial charge in [-0.3, -0.25) is 4.79 Å². The number of anilines is 1. The molecule has 6 heteroatoms. The first-order chi connectivity index (χ1) is 13.4. The second kappa shape index (κ2) is 8.59. The smallest absolute Gasteiger partial charge is 0.336 e. The number of carbonyl (C=O) groups is 2. The van der Waals surface area contributed by atoms with Gasteiger partial charge in [-0.1, -0.05) is 53.6 Å². The maximum atomic E-state index is 12.4. The Balaban J connectivity index is 1.70. The van der Waals surface area contributed by atoms with E-state index in [9.17, 15) is 14.7 Å². The lowest BCUT2D eigenvalue weighted by Gasteiger charge is -2.11. The third kappa shape index (κ3) is 4.69. The standard InChI is InChI=1S/C22H18ClNO4/c1-14-5-4-6-15(11-14)13-28-20-10-9-16(12-19(20)23)24-21(25)17-7-2-3-8-18(17)22(26)27/h2-12H,13H2,1H3,(H,24,25)(H,26,27). The van der Waals surface area contributed by atoms with Crippen LogP contribution >= 0.6 is 11.6 Å². The van der Waals surface area contributed by atoms with Crippen LogP contribution in [0.5, 0.6) is 5.75 Å². The molecule has 0 fully saturated rings. The quantitative estimate of drug-likeness (QED) is 0.603. The lowest BCUT2D eigenvalue weighted by atomic mass is 10.1.